The van der Waals surface area contributed by atoms with E-state index in [0.717, 1.165) is 0 Å². The molecule has 0 aliphatic rings. The van der Waals surface area contributed by atoms with E-state index in [2.05, 4.69) is 0 Å². The predicted molar refractivity (Wildman–Crippen MR) is 32.7 cm³/mol. The molecule has 0 aliphatic carbocycles. The molecular formula is C4H16Na. The molecule has 5 heavy (non-hydrogen) atoms. The van der Waals surface area contributed by atoms with Crippen LogP contribution in [0.4, 0.5) is 0 Å². The van der Waals surface area contributed by atoms with Crippen LogP contribution < -0.4 is 0 Å². The molecule has 1 heteroatoms. The molecule has 0 rings (SSSR count). The summed E-state index contributed by atoms with van der Waals surface area (Å²) in [7, 11) is 0. The molecular weight excluding hydrogens is 71.0 g/mol. The van der Waals surface area contributed by atoms with Crippen LogP contribution in [0.5, 0.6) is 0 Å². The van der Waals surface area contributed by atoms with Gasteiger partial charge < -0.3 is 0 Å². The zero-order valence-electron chi connectivity index (χ0n) is 1.00. The van der Waals surface area contributed by atoms with E-state index in [1.807, 2.05) is 0 Å². The minimum Gasteiger partial charge on any atom is -0.0776 e. The van der Waals surface area contributed by atoms with Crippen molar-refractivity contribution in [3.63, 3.8) is 0 Å². The first-order valence-electron chi connectivity index (χ1n) is 0. The maximum atomic E-state index is 0. The van der Waals surface area contributed by atoms with E-state index in [4.69, 9.17) is 0 Å². The Bertz CT molecular complexity index is 3.61. The maximum Gasteiger partial charge on any atom is 0 e. The van der Waals surface area contributed by atoms with Gasteiger partial charge in [0.2, 0.25) is 0 Å². The van der Waals surface area contributed by atoms with Crippen molar-refractivity contribution in [1.29, 1.82) is 0 Å². The van der Waals surface area contributed by atoms with Crippen molar-refractivity contribution in [3.8, 4) is 0 Å². The third-order valence-corrected chi connectivity index (χ3v) is 0. The fraction of sp³-hybridized carbons (Fsp3) is 1.00. The third kappa shape index (κ3) is 45.0. The second kappa shape index (κ2) is 80.0. The van der Waals surface area contributed by atoms with Crippen molar-refractivity contribution in [2.24, 2.45) is 0 Å². The summed E-state index contributed by atoms with van der Waals surface area (Å²) in [6.07, 6.45) is 0. The summed E-state index contributed by atoms with van der Waals surface area (Å²) >= 11 is 0. The number of rotatable bonds is 0. The van der Waals surface area contributed by atoms with E-state index in [9.17, 15) is 0 Å². The van der Waals surface area contributed by atoms with Gasteiger partial charge >= 0.3 is 0 Å². The molecule has 0 aromatic carbocycles. The minimum absolute atomic E-state index is 0. The van der Waals surface area contributed by atoms with E-state index in [0.29, 0.717) is 0 Å². The van der Waals surface area contributed by atoms with Crippen LogP contribution in [0.25, 0.3) is 0 Å². The predicted octanol–water partition coefficient (Wildman–Crippen LogP) is 2.16. The molecule has 0 heterocycles. The Kier molecular flexibility index (Phi) is 2400. The van der Waals surface area contributed by atoms with Crippen molar-refractivity contribution in [1.82, 2.24) is 0 Å². The topological polar surface area (TPSA) is 0 Å². The fourth-order valence-corrected chi connectivity index (χ4v) is 0. The van der Waals surface area contributed by atoms with Gasteiger partial charge in [0.05, 0.1) is 0 Å². The average molecular weight is 87.2 g/mol. The Hall–Kier alpha value is 1.00. The molecule has 0 saturated heterocycles. The minimum atomic E-state index is 0. The maximum absolute atomic E-state index is 0. The van der Waals surface area contributed by atoms with Gasteiger partial charge in [-0.25, -0.2) is 0 Å². The Morgan fingerprint density at radius 3 is 0.400 bits per heavy atom. The molecule has 0 amide bonds. The molecule has 0 saturated carbocycles. The molecule has 0 atom stereocenters. The summed E-state index contributed by atoms with van der Waals surface area (Å²) in [5.41, 5.74) is 0. The normalized spacial score (nSPS) is 0. The van der Waals surface area contributed by atoms with Crippen LogP contribution in [-0.4, -0.2) is 29.6 Å². The van der Waals surface area contributed by atoms with Gasteiger partial charge in [-0.2, -0.15) is 0 Å². The molecule has 33 valence electrons. The summed E-state index contributed by atoms with van der Waals surface area (Å²) in [6, 6.07) is 0. The molecule has 0 unspecified atom stereocenters. The van der Waals surface area contributed by atoms with E-state index >= 15 is 0 Å². The summed E-state index contributed by atoms with van der Waals surface area (Å²) in [5, 5.41) is 0. The third-order valence-electron chi connectivity index (χ3n) is 0. The Balaban J connectivity index is 0. The van der Waals surface area contributed by atoms with Crippen LogP contribution in [-0.2, 0) is 0 Å². The first kappa shape index (κ1) is 150. The van der Waals surface area contributed by atoms with Crippen LogP contribution in [0.2, 0.25) is 0 Å². The van der Waals surface area contributed by atoms with Crippen molar-refractivity contribution < 1.29 is 0 Å². The Labute approximate surface area is 59.3 Å². The van der Waals surface area contributed by atoms with Gasteiger partial charge in [0.1, 0.15) is 0 Å². The Morgan fingerprint density at radius 2 is 0.400 bits per heavy atom. The smallest absolute Gasteiger partial charge is 0 e. The average Bonchev–Trinajstić information content (AvgIpc) is 0. The van der Waals surface area contributed by atoms with Crippen molar-refractivity contribution >= 4 is 29.6 Å². The molecule has 0 aromatic rings. The SMILES string of the molecule is C.C.C.C.[Na]. The Morgan fingerprint density at radius 1 is 0.400 bits per heavy atom. The molecule has 0 spiro atoms. The van der Waals surface area contributed by atoms with Crippen LogP contribution in [0, 0.1) is 0 Å². The van der Waals surface area contributed by atoms with Crippen LogP contribution in [0.1, 0.15) is 29.7 Å². The van der Waals surface area contributed by atoms with E-state index in [1.165, 1.54) is 0 Å². The second-order valence-corrected chi connectivity index (χ2v) is 0. The molecule has 0 fully saturated rings. The van der Waals surface area contributed by atoms with Crippen molar-refractivity contribution in [2.45, 2.75) is 29.7 Å². The quantitative estimate of drug-likeness (QED) is 0.397. The van der Waals surface area contributed by atoms with Crippen LogP contribution in [0.3, 0.4) is 0 Å². The van der Waals surface area contributed by atoms with Gasteiger partial charge in [-0.1, -0.05) is 29.7 Å². The van der Waals surface area contributed by atoms with Gasteiger partial charge in [-0.15, -0.1) is 0 Å². The molecule has 1 radical (unpaired) electrons. The van der Waals surface area contributed by atoms with Gasteiger partial charge in [0, 0.05) is 29.6 Å². The molecule has 0 N–H and O–H groups in total. The summed E-state index contributed by atoms with van der Waals surface area (Å²) in [4.78, 5) is 0. The first-order valence-corrected chi connectivity index (χ1v) is 0. The standard InChI is InChI=1S/4CH4.Na/h4*1H4;. The van der Waals surface area contributed by atoms with Gasteiger partial charge in [-0.05, 0) is 0 Å². The second-order valence-electron chi connectivity index (χ2n) is 0. The first-order chi connectivity index (χ1) is 0. The van der Waals surface area contributed by atoms with E-state index < -0.39 is 0 Å². The molecule has 0 nitrogen and oxygen atoms in total. The monoisotopic (exact) mass is 87.1 g/mol. The van der Waals surface area contributed by atoms with Gasteiger partial charge in [0.25, 0.3) is 0 Å². The van der Waals surface area contributed by atoms with E-state index in [-0.39, 0.29) is 59.3 Å². The van der Waals surface area contributed by atoms with Crippen LogP contribution >= 0.6 is 0 Å². The number of hydrogen-bond donors (Lipinski definition) is 0. The van der Waals surface area contributed by atoms with E-state index in [1.54, 1.807) is 0 Å². The van der Waals surface area contributed by atoms with Gasteiger partial charge in [-0.3, -0.25) is 0 Å². The summed E-state index contributed by atoms with van der Waals surface area (Å²) < 4.78 is 0. The van der Waals surface area contributed by atoms with Crippen LogP contribution in [0.15, 0.2) is 0 Å². The van der Waals surface area contributed by atoms with Crippen molar-refractivity contribution in [3.05, 3.63) is 0 Å². The summed E-state index contributed by atoms with van der Waals surface area (Å²) in [5.74, 6) is 0. The molecule has 0 aliphatic heterocycles. The van der Waals surface area contributed by atoms with Gasteiger partial charge in [0.15, 0.2) is 0 Å². The zero-order valence-corrected chi connectivity index (χ0v) is 3.00. The van der Waals surface area contributed by atoms with Crippen molar-refractivity contribution in [2.75, 3.05) is 0 Å². The molecule has 0 bridgehead atoms. The molecule has 0 aromatic heterocycles. The number of hydrogen-bond acceptors (Lipinski definition) is 0. The zero-order chi connectivity index (χ0) is 0. The fourth-order valence-electron chi connectivity index (χ4n) is 0. The summed E-state index contributed by atoms with van der Waals surface area (Å²) in [6.45, 7) is 0. The largest absolute Gasteiger partial charge is 0.0776 e.